The first-order valence-corrected chi connectivity index (χ1v) is 24.1. The SMILES string of the molecule is C.CC(C)(C)OC(=O)N(Cc1ccc2c(c1)OCCO2)C1CCN(CCn2c(=O)cnc3ncccc32)CC1.O=c1cnc2ncccc2n1CCN1CCC(NCc2ccc3c(c2)OCCO3)CC1. The number of nitrogens with one attached hydrogen (secondary N) is 1. The zero-order valence-electron chi connectivity index (χ0n) is 39.8. The molecule has 70 heavy (non-hydrogen) atoms. The molecule has 0 radical (unpaired) electrons. The Morgan fingerprint density at radius 1 is 0.657 bits per heavy atom. The van der Waals surface area contributed by atoms with Crippen LogP contribution in [0.1, 0.15) is 65.0 Å². The van der Waals surface area contributed by atoms with Gasteiger partial charge in [0.1, 0.15) is 32.0 Å². The molecule has 8 heterocycles. The maximum atomic E-state index is 13.3. The summed E-state index contributed by atoms with van der Waals surface area (Å²) in [5, 5.41) is 3.68. The number of hydrogen-bond acceptors (Lipinski definition) is 15. The lowest BCUT2D eigenvalue weighted by Gasteiger charge is -2.39. The van der Waals surface area contributed by atoms with E-state index < -0.39 is 5.60 Å². The molecular weight excluding hydrogens is 893 g/mol. The summed E-state index contributed by atoms with van der Waals surface area (Å²) in [5.41, 5.74) is 4.12. The lowest BCUT2D eigenvalue weighted by Crippen LogP contribution is -2.49. The smallest absolute Gasteiger partial charge is 0.410 e. The molecule has 18 heteroatoms. The van der Waals surface area contributed by atoms with Crippen LogP contribution in [-0.2, 0) is 30.9 Å². The van der Waals surface area contributed by atoms with E-state index in [2.05, 4.69) is 47.2 Å². The number of carbonyl (C=O) groups is 1. The van der Waals surface area contributed by atoms with Crippen LogP contribution in [0.4, 0.5) is 4.79 Å². The zero-order chi connectivity index (χ0) is 47.7. The summed E-state index contributed by atoms with van der Waals surface area (Å²) in [6.45, 7) is 15.7. The molecule has 0 unspecified atom stereocenters. The Morgan fingerprint density at radius 3 is 1.67 bits per heavy atom. The standard InChI is InChI=1S/C28H35N5O5.C23H27N5O3.CH4/c1-28(2,3)38-27(35)33(19-20-6-7-23-24(17-20)37-16-15-36-23)21-8-11-31(12-9-21)13-14-32-22-5-4-10-29-26(22)30-18-25(32)34;29-22-16-26-23-19(2-1-7-24-23)28(22)11-10-27-8-5-18(6-9-27)25-15-17-3-4-20-21(14-17)31-13-12-30-20;/h4-7,10,17-18,21H,8-9,11-16,19H2,1-3H3;1-4,7,14,16,18,25H,5-6,8-13,15H2;1H4. The number of piperidine rings is 2. The normalized spacial score (nSPS) is 16.5. The second-order valence-electron chi connectivity index (χ2n) is 18.8. The van der Waals surface area contributed by atoms with Gasteiger partial charge < -0.3 is 52.8 Å². The van der Waals surface area contributed by atoms with E-state index >= 15 is 0 Å². The summed E-state index contributed by atoms with van der Waals surface area (Å²) in [4.78, 5) is 61.5. The number of nitrogens with zero attached hydrogens (tertiary/aromatic N) is 9. The molecule has 0 atom stereocenters. The Labute approximate surface area is 408 Å². The average molecular weight is 959 g/mol. The fraction of sp³-hybridized carbons (Fsp3) is 0.481. The van der Waals surface area contributed by atoms with Crippen LogP contribution in [0.3, 0.4) is 0 Å². The van der Waals surface area contributed by atoms with Gasteiger partial charge in [-0.05, 0) is 119 Å². The largest absolute Gasteiger partial charge is 0.486 e. The molecule has 4 aliphatic heterocycles. The first-order valence-electron chi connectivity index (χ1n) is 24.1. The minimum atomic E-state index is -0.585. The number of benzene rings is 2. The predicted molar refractivity (Wildman–Crippen MR) is 267 cm³/mol. The van der Waals surface area contributed by atoms with E-state index in [0.717, 1.165) is 105 Å². The van der Waals surface area contributed by atoms with Crippen LogP contribution in [0.15, 0.2) is 95.0 Å². The number of ether oxygens (including phenoxy) is 5. The van der Waals surface area contributed by atoms with E-state index in [1.165, 1.54) is 18.0 Å². The molecule has 0 aliphatic carbocycles. The molecule has 2 saturated heterocycles. The fourth-order valence-electron chi connectivity index (χ4n) is 9.27. The quantitative estimate of drug-likeness (QED) is 0.153. The van der Waals surface area contributed by atoms with Gasteiger partial charge in [0.15, 0.2) is 34.3 Å². The van der Waals surface area contributed by atoms with Crippen LogP contribution >= 0.6 is 0 Å². The Morgan fingerprint density at radius 2 is 1.14 bits per heavy atom. The molecule has 0 spiro atoms. The van der Waals surface area contributed by atoms with E-state index in [1.54, 1.807) is 21.5 Å². The van der Waals surface area contributed by atoms with E-state index in [4.69, 9.17) is 23.7 Å². The summed E-state index contributed by atoms with van der Waals surface area (Å²) >= 11 is 0. The maximum absolute atomic E-state index is 13.3. The van der Waals surface area contributed by atoms with Crippen molar-refractivity contribution in [2.75, 3.05) is 65.7 Å². The summed E-state index contributed by atoms with van der Waals surface area (Å²) in [6, 6.07) is 20.0. The topological polar surface area (TPSA) is 181 Å². The van der Waals surface area contributed by atoms with Gasteiger partial charge in [-0.25, -0.2) is 24.7 Å². The van der Waals surface area contributed by atoms with Crippen LogP contribution < -0.4 is 35.4 Å². The van der Waals surface area contributed by atoms with Crippen molar-refractivity contribution in [2.24, 2.45) is 0 Å². The van der Waals surface area contributed by atoms with Crippen LogP contribution in [0.2, 0.25) is 0 Å². The number of rotatable bonds is 12. The Bertz CT molecular complexity index is 2830. The molecule has 18 nitrogen and oxygen atoms in total. The van der Waals surface area contributed by atoms with Crippen molar-refractivity contribution in [1.82, 2.24) is 49.1 Å². The third-order valence-electron chi connectivity index (χ3n) is 12.9. The minimum Gasteiger partial charge on any atom is -0.486 e. The summed E-state index contributed by atoms with van der Waals surface area (Å²) in [7, 11) is 0. The Hall–Kier alpha value is -6.63. The first-order chi connectivity index (χ1) is 33.5. The van der Waals surface area contributed by atoms with Crippen molar-refractivity contribution in [3.05, 3.63) is 117 Å². The number of carbonyl (C=O) groups excluding carboxylic acids is 1. The Balaban J connectivity index is 0.000000189. The van der Waals surface area contributed by atoms with Gasteiger partial charge in [-0.2, -0.15) is 0 Å². The van der Waals surface area contributed by atoms with E-state index in [1.807, 2.05) is 74.2 Å². The molecule has 10 rings (SSSR count). The second-order valence-corrected chi connectivity index (χ2v) is 18.8. The van der Waals surface area contributed by atoms with Gasteiger partial charge in [0.2, 0.25) is 0 Å². The average Bonchev–Trinajstić information content (AvgIpc) is 3.37. The van der Waals surface area contributed by atoms with Crippen molar-refractivity contribution < 1.29 is 28.5 Å². The van der Waals surface area contributed by atoms with Gasteiger partial charge in [0, 0.05) is 76.8 Å². The fourth-order valence-corrected chi connectivity index (χ4v) is 9.27. The number of fused-ring (bicyclic) bond motifs is 4. The van der Waals surface area contributed by atoms with Crippen LogP contribution in [0.25, 0.3) is 22.3 Å². The molecule has 0 saturated carbocycles. The van der Waals surface area contributed by atoms with Crippen molar-refractivity contribution in [2.45, 2.75) is 97.7 Å². The third kappa shape index (κ3) is 12.6. The van der Waals surface area contributed by atoms with Crippen molar-refractivity contribution in [3.8, 4) is 23.0 Å². The monoisotopic (exact) mass is 959 g/mol. The molecule has 0 bridgehead atoms. The van der Waals surface area contributed by atoms with E-state index in [9.17, 15) is 14.4 Å². The molecule has 372 valence electrons. The molecule has 2 fully saturated rings. The third-order valence-corrected chi connectivity index (χ3v) is 12.9. The van der Waals surface area contributed by atoms with Crippen molar-refractivity contribution >= 4 is 28.4 Å². The molecule has 4 aliphatic rings. The van der Waals surface area contributed by atoms with Crippen molar-refractivity contribution in [1.29, 1.82) is 0 Å². The summed E-state index contributed by atoms with van der Waals surface area (Å²) in [6.07, 6.45) is 9.59. The maximum Gasteiger partial charge on any atom is 0.410 e. The lowest BCUT2D eigenvalue weighted by atomic mass is 10.0. The highest BCUT2D eigenvalue weighted by atomic mass is 16.6. The van der Waals surface area contributed by atoms with E-state index in [-0.39, 0.29) is 30.7 Å². The number of likely N-dealkylation sites (tertiary alicyclic amines) is 2. The van der Waals surface area contributed by atoms with Gasteiger partial charge in [-0.15, -0.1) is 0 Å². The van der Waals surface area contributed by atoms with Crippen LogP contribution in [-0.4, -0.2) is 133 Å². The number of aromatic nitrogens is 6. The molecular formula is C52H66N10O8. The minimum absolute atomic E-state index is 0. The predicted octanol–water partition coefficient (Wildman–Crippen LogP) is 5.92. The lowest BCUT2D eigenvalue weighted by molar-refractivity contribution is 0.00562. The molecule has 1 N–H and O–H groups in total. The van der Waals surface area contributed by atoms with Crippen LogP contribution in [0, 0.1) is 0 Å². The van der Waals surface area contributed by atoms with Gasteiger partial charge in [0.25, 0.3) is 11.1 Å². The number of pyridine rings is 2. The highest BCUT2D eigenvalue weighted by molar-refractivity contribution is 5.70. The molecule has 4 aromatic heterocycles. The van der Waals surface area contributed by atoms with Gasteiger partial charge in [-0.3, -0.25) is 9.59 Å². The molecule has 6 aromatic rings. The summed E-state index contributed by atoms with van der Waals surface area (Å²) in [5.74, 6) is 3.12. The van der Waals surface area contributed by atoms with Crippen molar-refractivity contribution in [3.63, 3.8) is 0 Å². The first kappa shape index (κ1) is 49.8. The van der Waals surface area contributed by atoms with Gasteiger partial charge in [0.05, 0.1) is 23.4 Å². The highest BCUT2D eigenvalue weighted by Crippen LogP contribution is 2.33. The van der Waals surface area contributed by atoms with E-state index in [0.29, 0.717) is 69.1 Å². The number of amides is 1. The summed E-state index contributed by atoms with van der Waals surface area (Å²) < 4.78 is 32.0. The second kappa shape index (κ2) is 22.9. The highest BCUT2D eigenvalue weighted by Gasteiger charge is 2.32. The van der Waals surface area contributed by atoms with Gasteiger partial charge in [-0.1, -0.05) is 19.6 Å². The van der Waals surface area contributed by atoms with Crippen LogP contribution in [0.5, 0.6) is 23.0 Å². The molecule has 2 aromatic carbocycles. The number of hydrogen-bond donors (Lipinski definition) is 1. The molecule has 1 amide bonds. The van der Waals surface area contributed by atoms with Gasteiger partial charge >= 0.3 is 6.09 Å². The zero-order valence-corrected chi connectivity index (χ0v) is 39.8. The Kier molecular flexibility index (Phi) is 16.3.